The lowest BCUT2D eigenvalue weighted by Gasteiger charge is -2.09. The minimum Gasteiger partial charge on any atom is -0.309 e. The highest BCUT2D eigenvalue weighted by molar-refractivity contribution is 7.92. The van der Waals surface area contributed by atoms with E-state index in [1.54, 1.807) is 0 Å². The van der Waals surface area contributed by atoms with Gasteiger partial charge in [0.05, 0.1) is 4.90 Å². The van der Waals surface area contributed by atoms with Crippen molar-refractivity contribution in [3.63, 3.8) is 0 Å². The maximum Gasteiger partial charge on any atom is 0.241 e. The summed E-state index contributed by atoms with van der Waals surface area (Å²) >= 11 is 5.74. The molecule has 6 nitrogen and oxygen atoms in total. The summed E-state index contributed by atoms with van der Waals surface area (Å²) in [4.78, 5) is 20.4. The summed E-state index contributed by atoms with van der Waals surface area (Å²) in [6.07, 6.45) is 3.98. The number of hydrogen-bond donors (Lipinski definition) is 1. The zero-order valence-corrected chi connectivity index (χ0v) is 13.7. The molecule has 1 amide bonds. The molecule has 1 aromatic heterocycles. The van der Waals surface area contributed by atoms with Crippen LogP contribution in [0.15, 0.2) is 35.5 Å². The Morgan fingerprint density at radius 3 is 2.65 bits per heavy atom. The molecule has 1 heterocycles. The van der Waals surface area contributed by atoms with Crippen molar-refractivity contribution in [2.24, 2.45) is 0 Å². The van der Waals surface area contributed by atoms with E-state index >= 15 is 0 Å². The van der Waals surface area contributed by atoms with Crippen LogP contribution in [0.2, 0.25) is 5.02 Å². The van der Waals surface area contributed by atoms with Gasteiger partial charge in [-0.25, -0.2) is 18.4 Å². The van der Waals surface area contributed by atoms with Crippen LogP contribution in [0.25, 0.3) is 0 Å². The molecule has 0 fully saturated rings. The molecule has 3 rings (SSSR count). The van der Waals surface area contributed by atoms with E-state index in [0.717, 1.165) is 30.5 Å². The molecule has 0 bridgehead atoms. The standard InChI is InChI=1S/C15H14ClN3O3S/c16-10-4-6-11(7-5-10)23(21,22)8-14(20)19-15-12-2-1-3-13(12)17-9-18-15/h4-7,9H,1-3,8H2,(H,17,18,19,20). The van der Waals surface area contributed by atoms with Gasteiger partial charge < -0.3 is 5.32 Å². The van der Waals surface area contributed by atoms with E-state index in [-0.39, 0.29) is 4.90 Å². The quantitative estimate of drug-likeness (QED) is 0.910. The molecular weight excluding hydrogens is 338 g/mol. The fourth-order valence-electron chi connectivity index (χ4n) is 2.53. The fourth-order valence-corrected chi connectivity index (χ4v) is 3.79. The van der Waals surface area contributed by atoms with Gasteiger partial charge >= 0.3 is 0 Å². The Hall–Kier alpha value is -1.99. The predicted octanol–water partition coefficient (Wildman–Crippen LogP) is 2.03. The van der Waals surface area contributed by atoms with Crippen LogP contribution in [0.4, 0.5) is 5.82 Å². The maximum atomic E-state index is 12.2. The molecule has 8 heteroatoms. The second-order valence-electron chi connectivity index (χ2n) is 5.26. The molecule has 0 aliphatic heterocycles. The summed E-state index contributed by atoms with van der Waals surface area (Å²) in [5.74, 6) is -0.857. The first kappa shape index (κ1) is 15.9. The number of fused-ring (bicyclic) bond motifs is 1. The molecule has 1 aromatic carbocycles. The number of sulfone groups is 1. The van der Waals surface area contributed by atoms with E-state index in [4.69, 9.17) is 11.6 Å². The van der Waals surface area contributed by atoms with Crippen LogP contribution >= 0.6 is 11.6 Å². The van der Waals surface area contributed by atoms with Crippen molar-refractivity contribution in [3.8, 4) is 0 Å². The number of halogens is 1. The van der Waals surface area contributed by atoms with Crippen molar-refractivity contribution in [3.05, 3.63) is 46.9 Å². The molecule has 0 saturated heterocycles. The number of carbonyl (C=O) groups is 1. The molecular formula is C15H14ClN3O3S. The van der Waals surface area contributed by atoms with Gasteiger partial charge in [0.1, 0.15) is 17.9 Å². The van der Waals surface area contributed by atoms with Gasteiger partial charge in [-0.1, -0.05) is 11.6 Å². The number of rotatable bonds is 4. The summed E-state index contributed by atoms with van der Waals surface area (Å²) in [6.45, 7) is 0. The molecule has 23 heavy (non-hydrogen) atoms. The fraction of sp³-hybridized carbons (Fsp3) is 0.267. The van der Waals surface area contributed by atoms with Crippen LogP contribution in [-0.2, 0) is 27.5 Å². The number of benzene rings is 1. The average Bonchev–Trinajstić information content (AvgIpc) is 2.96. The molecule has 0 atom stereocenters. The van der Waals surface area contributed by atoms with E-state index < -0.39 is 21.5 Å². The van der Waals surface area contributed by atoms with Gasteiger partial charge in [0.2, 0.25) is 5.91 Å². The summed E-state index contributed by atoms with van der Waals surface area (Å²) < 4.78 is 24.5. The van der Waals surface area contributed by atoms with Gasteiger partial charge in [-0.3, -0.25) is 4.79 Å². The average molecular weight is 352 g/mol. The first-order valence-corrected chi connectivity index (χ1v) is 9.10. The molecule has 0 spiro atoms. The highest BCUT2D eigenvalue weighted by Crippen LogP contribution is 2.25. The molecule has 0 radical (unpaired) electrons. The Balaban J connectivity index is 1.75. The normalized spacial score (nSPS) is 13.6. The first-order valence-electron chi connectivity index (χ1n) is 7.06. The van der Waals surface area contributed by atoms with Crippen molar-refractivity contribution in [1.29, 1.82) is 0 Å². The SMILES string of the molecule is O=C(CS(=O)(=O)c1ccc(Cl)cc1)Nc1ncnc2c1CCC2. The Labute approximate surface area is 138 Å². The lowest BCUT2D eigenvalue weighted by Crippen LogP contribution is -2.24. The molecule has 0 saturated carbocycles. The Morgan fingerprint density at radius 2 is 1.91 bits per heavy atom. The minimum absolute atomic E-state index is 0.0602. The third-order valence-electron chi connectivity index (χ3n) is 3.63. The predicted molar refractivity (Wildman–Crippen MR) is 86.2 cm³/mol. The lowest BCUT2D eigenvalue weighted by molar-refractivity contribution is -0.113. The number of aryl methyl sites for hydroxylation is 1. The van der Waals surface area contributed by atoms with E-state index in [0.29, 0.717) is 10.8 Å². The third kappa shape index (κ3) is 3.51. The van der Waals surface area contributed by atoms with Crippen molar-refractivity contribution >= 4 is 33.2 Å². The monoisotopic (exact) mass is 351 g/mol. The topological polar surface area (TPSA) is 89.0 Å². The second-order valence-corrected chi connectivity index (χ2v) is 7.69. The van der Waals surface area contributed by atoms with E-state index in [1.165, 1.54) is 30.6 Å². The minimum atomic E-state index is -3.72. The van der Waals surface area contributed by atoms with Crippen molar-refractivity contribution in [2.45, 2.75) is 24.2 Å². The van der Waals surface area contributed by atoms with Crippen molar-refractivity contribution < 1.29 is 13.2 Å². The van der Waals surface area contributed by atoms with Gasteiger partial charge in [-0.05, 0) is 43.5 Å². The molecule has 1 aliphatic rings. The van der Waals surface area contributed by atoms with Crippen molar-refractivity contribution in [2.75, 3.05) is 11.1 Å². The van der Waals surface area contributed by atoms with Gasteiger partial charge in [0.15, 0.2) is 9.84 Å². The van der Waals surface area contributed by atoms with Crippen LogP contribution in [0.3, 0.4) is 0 Å². The van der Waals surface area contributed by atoms with Crippen molar-refractivity contribution in [1.82, 2.24) is 9.97 Å². The van der Waals surface area contributed by atoms with Gasteiger partial charge in [0, 0.05) is 16.3 Å². The smallest absolute Gasteiger partial charge is 0.241 e. The number of amides is 1. The van der Waals surface area contributed by atoms with Crippen LogP contribution in [-0.4, -0.2) is 30.0 Å². The number of carbonyl (C=O) groups excluding carboxylic acids is 1. The molecule has 1 aliphatic carbocycles. The molecule has 120 valence electrons. The van der Waals surface area contributed by atoms with Gasteiger partial charge in [-0.2, -0.15) is 0 Å². The highest BCUT2D eigenvalue weighted by atomic mass is 35.5. The highest BCUT2D eigenvalue weighted by Gasteiger charge is 2.22. The largest absolute Gasteiger partial charge is 0.309 e. The van der Waals surface area contributed by atoms with Gasteiger partial charge in [0.25, 0.3) is 0 Å². The van der Waals surface area contributed by atoms with Crippen LogP contribution < -0.4 is 5.32 Å². The first-order chi connectivity index (χ1) is 11.0. The summed E-state index contributed by atoms with van der Waals surface area (Å²) in [6, 6.07) is 5.72. The third-order valence-corrected chi connectivity index (χ3v) is 5.51. The van der Waals surface area contributed by atoms with Crippen LogP contribution in [0.1, 0.15) is 17.7 Å². The van der Waals surface area contributed by atoms with Crippen LogP contribution in [0.5, 0.6) is 0 Å². The summed E-state index contributed by atoms with van der Waals surface area (Å²) in [5.41, 5.74) is 1.81. The van der Waals surface area contributed by atoms with E-state index in [1.807, 2.05) is 0 Å². The zero-order chi connectivity index (χ0) is 16.4. The molecule has 1 N–H and O–H groups in total. The number of nitrogens with one attached hydrogen (secondary N) is 1. The number of nitrogens with zero attached hydrogens (tertiary/aromatic N) is 2. The zero-order valence-electron chi connectivity index (χ0n) is 12.1. The number of aromatic nitrogens is 2. The number of anilines is 1. The lowest BCUT2D eigenvalue weighted by atomic mass is 10.2. The Bertz CT molecular complexity index is 851. The second kappa shape index (κ2) is 6.25. The van der Waals surface area contributed by atoms with Crippen LogP contribution in [0, 0.1) is 0 Å². The Kier molecular flexibility index (Phi) is 4.32. The number of hydrogen-bond acceptors (Lipinski definition) is 5. The van der Waals surface area contributed by atoms with E-state index in [9.17, 15) is 13.2 Å². The van der Waals surface area contributed by atoms with Gasteiger partial charge in [-0.15, -0.1) is 0 Å². The summed E-state index contributed by atoms with van der Waals surface area (Å²) in [7, 11) is -3.72. The maximum absolute atomic E-state index is 12.2. The summed E-state index contributed by atoms with van der Waals surface area (Å²) in [5, 5.41) is 3.02. The Morgan fingerprint density at radius 1 is 1.17 bits per heavy atom. The molecule has 2 aromatic rings. The molecule has 0 unspecified atom stereocenters. The van der Waals surface area contributed by atoms with E-state index in [2.05, 4.69) is 15.3 Å².